The maximum atomic E-state index is 2.91. The molecule has 0 aliphatic rings. The van der Waals surface area contributed by atoms with Gasteiger partial charge in [0.2, 0.25) is 0 Å². The Kier molecular flexibility index (Phi) is 68.8. The zero-order chi connectivity index (χ0) is 2.00. The fourth-order valence-corrected chi connectivity index (χ4v) is 0. The third-order valence-corrected chi connectivity index (χ3v) is 0. The second-order valence-corrected chi connectivity index (χ2v) is 0. The zero-order valence-corrected chi connectivity index (χ0v) is 8.75. The van der Waals surface area contributed by atoms with Gasteiger partial charge in [0.1, 0.15) is 0 Å². The minimum absolute atomic E-state index is 0. The van der Waals surface area contributed by atoms with Crippen molar-refractivity contribution >= 4 is 33.1 Å². The molecule has 0 aliphatic heterocycles. The van der Waals surface area contributed by atoms with Crippen molar-refractivity contribution in [3.05, 3.63) is 0 Å². The molecule has 0 aromatic carbocycles. The van der Waals surface area contributed by atoms with Gasteiger partial charge in [0.05, 0.1) is 0 Å². The van der Waals surface area contributed by atoms with Crippen LogP contribution < -0.4 is 0 Å². The summed E-state index contributed by atoms with van der Waals surface area (Å²) in [6.45, 7) is 0. The predicted molar refractivity (Wildman–Crippen MR) is 22.9 cm³/mol. The summed E-state index contributed by atoms with van der Waals surface area (Å²) in [7, 11) is 0. The Labute approximate surface area is 76.4 Å². The van der Waals surface area contributed by atoms with E-state index >= 15 is 0 Å². The Bertz CT molecular complexity index is 8.00. The fraction of sp³-hybridized carbons (Fsp3) is 0. The van der Waals surface area contributed by atoms with Gasteiger partial charge in [-0.1, -0.05) is 0 Å². The van der Waals surface area contributed by atoms with E-state index in [1.54, 1.807) is 0 Å². The van der Waals surface area contributed by atoms with E-state index in [2.05, 4.69) is 12.7 Å². The van der Waals surface area contributed by atoms with Gasteiger partial charge in [-0.15, -0.1) is 0 Å². The molecule has 0 N–H and O–H groups in total. The Morgan fingerprint density at radius 1 is 1.25 bits per heavy atom. The van der Waals surface area contributed by atoms with Crippen molar-refractivity contribution < 1.29 is 44.8 Å². The van der Waals surface area contributed by atoms with Crippen LogP contribution in [0.5, 0.6) is 0 Å². The molecule has 0 rings (SSSR count). The molecule has 0 amide bonds. The third kappa shape index (κ3) is 8.83. The van der Waals surface area contributed by atoms with Crippen LogP contribution in [0.2, 0.25) is 0 Å². The molecule has 0 nitrogen and oxygen atoms in total. The van der Waals surface area contributed by atoms with Gasteiger partial charge in [-0.3, -0.25) is 0 Å². The molecule has 0 spiro atoms. The van der Waals surface area contributed by atoms with Crippen LogP contribution in [0.4, 0.5) is 0 Å². The molecule has 0 aliphatic carbocycles. The van der Waals surface area contributed by atoms with Gasteiger partial charge in [-0.05, 0) is 12.7 Å². The summed E-state index contributed by atoms with van der Waals surface area (Å²) < 4.78 is 0. The normalized spacial score (nSPS) is 1.50. The molecule has 0 unspecified atom stereocenters. The molecule has 36 valence electrons. The largest absolute Gasteiger partial charge is 0.00711 e. The summed E-state index contributed by atoms with van der Waals surface area (Å²) in [6.07, 6.45) is 0. The standard InChI is InChI=1S/Ag.Au.BrI/c;;1-2. The molecule has 4 heavy (non-hydrogen) atoms. The van der Waals surface area contributed by atoms with Gasteiger partial charge in [-0.2, -0.15) is 0 Å². The van der Waals surface area contributed by atoms with Crippen molar-refractivity contribution in [2.24, 2.45) is 0 Å². The summed E-state index contributed by atoms with van der Waals surface area (Å²) in [5.74, 6) is 0. The quantitative estimate of drug-likeness (QED) is 0.343. The van der Waals surface area contributed by atoms with E-state index in [9.17, 15) is 0 Å². The number of rotatable bonds is 0. The molecule has 0 aromatic heterocycles. The minimum atomic E-state index is 0. The van der Waals surface area contributed by atoms with Crippen molar-refractivity contribution in [3.63, 3.8) is 0 Å². The van der Waals surface area contributed by atoms with Crippen LogP contribution in [0.15, 0.2) is 0 Å². The molecule has 0 heterocycles. The minimum Gasteiger partial charge on any atom is -0.00711 e. The fourth-order valence-electron chi connectivity index (χ4n) is 0. The topological polar surface area (TPSA) is 0 Å². The van der Waals surface area contributed by atoms with Crippen LogP contribution in [0.3, 0.4) is 0 Å². The third-order valence-electron chi connectivity index (χ3n) is 0. The summed E-state index contributed by atoms with van der Waals surface area (Å²) in [4.78, 5) is 0. The summed E-state index contributed by atoms with van der Waals surface area (Å²) in [6, 6.07) is 0. The van der Waals surface area contributed by atoms with Gasteiger partial charge < -0.3 is 0 Å². The smallest absolute Gasteiger partial charge is 0.00711 e. The van der Waals surface area contributed by atoms with E-state index in [1.165, 1.54) is 0 Å². The Morgan fingerprint density at radius 2 is 1.25 bits per heavy atom. The van der Waals surface area contributed by atoms with Crippen LogP contribution in [0.1, 0.15) is 0 Å². The van der Waals surface area contributed by atoms with Crippen molar-refractivity contribution in [2.45, 2.75) is 0 Å². The molecule has 0 saturated carbocycles. The Hall–Kier alpha value is 2.69. The van der Waals surface area contributed by atoms with Crippen molar-refractivity contribution in [1.29, 1.82) is 0 Å². The second-order valence-electron chi connectivity index (χ2n) is 0. The first-order valence-electron chi connectivity index (χ1n) is 0.143. The van der Waals surface area contributed by atoms with Crippen LogP contribution in [0, 0.1) is 0 Å². The SMILES string of the molecule is BrI.[Ag].[Au]. The van der Waals surface area contributed by atoms with E-state index < -0.39 is 0 Å². The average Bonchev–Trinajstić information content (AvgIpc) is 1.00. The van der Waals surface area contributed by atoms with Crippen molar-refractivity contribution in [2.75, 3.05) is 0 Å². The zero-order valence-electron chi connectivity index (χ0n) is 1.36. The average molecular weight is 512 g/mol. The van der Waals surface area contributed by atoms with E-state index in [0.717, 1.165) is 0 Å². The van der Waals surface area contributed by atoms with Gasteiger partial charge in [0.15, 0.2) is 0 Å². The summed E-state index contributed by atoms with van der Waals surface area (Å²) in [5, 5.41) is 0. The van der Waals surface area contributed by atoms with Crippen LogP contribution in [-0.4, -0.2) is 0 Å². The molecule has 0 aromatic rings. The molecule has 4 heteroatoms. The van der Waals surface area contributed by atoms with Gasteiger partial charge in [0, 0.05) is 65.1 Å². The number of hydrogen-bond donors (Lipinski definition) is 0. The first kappa shape index (κ1) is 15.9. The molecular weight excluding hydrogens is 512 g/mol. The van der Waals surface area contributed by atoms with E-state index in [-0.39, 0.29) is 44.8 Å². The molecular formula is AgAuBrI. The van der Waals surface area contributed by atoms with Gasteiger partial charge in [-0.25, -0.2) is 0 Å². The van der Waals surface area contributed by atoms with E-state index in [0.29, 0.717) is 0 Å². The van der Waals surface area contributed by atoms with E-state index in [1.807, 2.05) is 20.4 Å². The second kappa shape index (κ2) is 17.3. The first-order valence-corrected chi connectivity index (χ1v) is 4.98. The van der Waals surface area contributed by atoms with Crippen molar-refractivity contribution in [1.82, 2.24) is 0 Å². The van der Waals surface area contributed by atoms with Gasteiger partial charge in [0.25, 0.3) is 0 Å². The molecule has 0 atom stereocenters. The summed E-state index contributed by atoms with van der Waals surface area (Å²) in [5.41, 5.74) is 0. The maximum absolute atomic E-state index is 2.91. The van der Waals surface area contributed by atoms with Crippen molar-refractivity contribution in [3.8, 4) is 0 Å². The van der Waals surface area contributed by atoms with Crippen LogP contribution in [0.25, 0.3) is 0 Å². The summed E-state index contributed by atoms with van der Waals surface area (Å²) >= 11 is 4.87. The number of hydrogen-bond acceptors (Lipinski definition) is 0. The number of halogens is 2. The molecule has 2 radical (unpaired) electrons. The van der Waals surface area contributed by atoms with Crippen LogP contribution in [-0.2, 0) is 44.8 Å². The van der Waals surface area contributed by atoms with Crippen LogP contribution >= 0.6 is 33.1 Å². The predicted octanol–water partition coefficient (Wildman–Crippen LogP) is 1.73. The Balaban J connectivity index is -0.00000000500. The molecule has 0 saturated heterocycles. The molecule has 0 fully saturated rings. The van der Waals surface area contributed by atoms with E-state index in [4.69, 9.17) is 0 Å². The first-order chi connectivity index (χ1) is 1.00. The monoisotopic (exact) mass is 510 g/mol. The Morgan fingerprint density at radius 3 is 1.25 bits per heavy atom. The maximum Gasteiger partial charge on any atom is 0.00711 e. The van der Waals surface area contributed by atoms with Gasteiger partial charge >= 0.3 is 0 Å². The molecule has 0 bridgehead atoms.